The molecule has 0 fully saturated rings. The van der Waals surface area contributed by atoms with Crippen LogP contribution in [-0.2, 0) is 16.1 Å². The lowest BCUT2D eigenvalue weighted by Crippen LogP contribution is -2.20. The molecule has 0 amide bonds. The Morgan fingerprint density at radius 2 is 2.11 bits per heavy atom. The number of rotatable bonds is 6. The van der Waals surface area contributed by atoms with Gasteiger partial charge in [-0.1, -0.05) is 23.2 Å². The number of esters is 1. The van der Waals surface area contributed by atoms with E-state index < -0.39 is 0 Å². The first-order valence-corrected chi connectivity index (χ1v) is 6.48. The highest BCUT2D eigenvalue weighted by molar-refractivity contribution is 6.33. The molecule has 1 aromatic rings. The Bertz CT molecular complexity index is 410. The molecule has 1 rings (SSSR count). The average Bonchev–Trinajstić information content (AvgIpc) is 2.33. The van der Waals surface area contributed by atoms with Crippen molar-refractivity contribution in [1.82, 2.24) is 4.90 Å². The second-order valence-corrected chi connectivity index (χ2v) is 5.00. The first-order valence-electron chi connectivity index (χ1n) is 5.72. The van der Waals surface area contributed by atoms with Crippen molar-refractivity contribution in [3.05, 3.63) is 33.8 Å². The van der Waals surface area contributed by atoms with Crippen LogP contribution in [0.15, 0.2) is 18.2 Å². The monoisotopic (exact) mass is 289 g/mol. The third kappa shape index (κ3) is 5.25. The molecule has 0 radical (unpaired) electrons. The summed E-state index contributed by atoms with van der Waals surface area (Å²) in [4.78, 5) is 13.1. The Morgan fingerprint density at radius 3 is 2.78 bits per heavy atom. The summed E-state index contributed by atoms with van der Waals surface area (Å²) in [7, 11) is 3.38. The minimum Gasteiger partial charge on any atom is -0.469 e. The van der Waals surface area contributed by atoms with Crippen molar-refractivity contribution in [3.8, 4) is 0 Å². The van der Waals surface area contributed by atoms with E-state index in [-0.39, 0.29) is 5.97 Å². The van der Waals surface area contributed by atoms with E-state index in [1.54, 1.807) is 12.1 Å². The molecule has 0 aliphatic carbocycles. The quantitative estimate of drug-likeness (QED) is 0.752. The molecule has 0 bridgehead atoms. The van der Waals surface area contributed by atoms with E-state index in [0.29, 0.717) is 23.0 Å². The van der Waals surface area contributed by atoms with Crippen LogP contribution < -0.4 is 0 Å². The summed E-state index contributed by atoms with van der Waals surface area (Å²) in [6.07, 6.45) is 1.20. The highest BCUT2D eigenvalue weighted by atomic mass is 35.5. The van der Waals surface area contributed by atoms with E-state index >= 15 is 0 Å². The van der Waals surface area contributed by atoms with Crippen molar-refractivity contribution >= 4 is 29.2 Å². The average molecular weight is 290 g/mol. The molecule has 5 heteroatoms. The smallest absolute Gasteiger partial charge is 0.305 e. The Morgan fingerprint density at radius 1 is 1.39 bits per heavy atom. The molecule has 1 aromatic carbocycles. The molecular formula is C13H17Cl2NO2. The molecule has 0 unspecified atom stereocenters. The lowest BCUT2D eigenvalue weighted by Gasteiger charge is -2.17. The second kappa shape index (κ2) is 7.62. The van der Waals surface area contributed by atoms with Gasteiger partial charge in [0, 0.05) is 23.0 Å². The molecular weight excluding hydrogens is 273 g/mol. The molecule has 0 aliphatic heterocycles. The van der Waals surface area contributed by atoms with Gasteiger partial charge in [0.25, 0.3) is 0 Å². The van der Waals surface area contributed by atoms with Crippen LogP contribution in [0.4, 0.5) is 0 Å². The minimum absolute atomic E-state index is 0.177. The van der Waals surface area contributed by atoms with Crippen LogP contribution in [0.1, 0.15) is 18.4 Å². The van der Waals surface area contributed by atoms with E-state index in [1.165, 1.54) is 7.11 Å². The maximum Gasteiger partial charge on any atom is 0.305 e. The van der Waals surface area contributed by atoms with Crippen LogP contribution in [-0.4, -0.2) is 31.6 Å². The summed E-state index contributed by atoms with van der Waals surface area (Å²) < 4.78 is 4.59. The van der Waals surface area contributed by atoms with Crippen LogP contribution >= 0.6 is 23.2 Å². The van der Waals surface area contributed by atoms with E-state index in [9.17, 15) is 4.79 Å². The predicted octanol–water partition coefficient (Wildman–Crippen LogP) is 3.38. The van der Waals surface area contributed by atoms with Crippen molar-refractivity contribution in [2.24, 2.45) is 0 Å². The summed E-state index contributed by atoms with van der Waals surface area (Å²) in [6, 6.07) is 5.42. The maximum atomic E-state index is 11.0. The summed E-state index contributed by atoms with van der Waals surface area (Å²) in [5.41, 5.74) is 0.990. The van der Waals surface area contributed by atoms with Crippen LogP contribution in [0, 0.1) is 0 Å². The Balaban J connectivity index is 2.42. The summed E-state index contributed by atoms with van der Waals surface area (Å²) >= 11 is 12.0. The zero-order valence-electron chi connectivity index (χ0n) is 10.6. The molecule has 0 aliphatic rings. The highest BCUT2D eigenvalue weighted by Gasteiger charge is 2.06. The molecule has 0 spiro atoms. The number of carbonyl (C=O) groups excluding carboxylic acids is 1. The molecule has 18 heavy (non-hydrogen) atoms. The van der Waals surface area contributed by atoms with Crippen molar-refractivity contribution in [2.45, 2.75) is 19.4 Å². The Labute approximate surface area is 118 Å². The van der Waals surface area contributed by atoms with E-state index in [2.05, 4.69) is 9.64 Å². The van der Waals surface area contributed by atoms with E-state index in [4.69, 9.17) is 23.2 Å². The highest BCUT2D eigenvalue weighted by Crippen LogP contribution is 2.21. The molecule has 0 heterocycles. The number of carbonyl (C=O) groups is 1. The lowest BCUT2D eigenvalue weighted by molar-refractivity contribution is -0.140. The van der Waals surface area contributed by atoms with Crippen LogP contribution in [0.3, 0.4) is 0 Å². The standard InChI is InChI=1S/C13H17Cl2NO2/c1-16(7-3-4-13(17)18-2)9-10-8-11(14)5-6-12(10)15/h5-6,8H,3-4,7,9H2,1-2H3. The van der Waals surface area contributed by atoms with Gasteiger partial charge in [0.05, 0.1) is 7.11 Å². The van der Waals surface area contributed by atoms with Gasteiger partial charge in [-0.25, -0.2) is 0 Å². The normalized spacial score (nSPS) is 10.7. The number of hydrogen-bond acceptors (Lipinski definition) is 3. The van der Waals surface area contributed by atoms with Crippen molar-refractivity contribution < 1.29 is 9.53 Å². The third-order valence-corrected chi connectivity index (χ3v) is 3.20. The van der Waals surface area contributed by atoms with Gasteiger partial charge in [0.15, 0.2) is 0 Å². The maximum absolute atomic E-state index is 11.0. The number of hydrogen-bond donors (Lipinski definition) is 0. The van der Waals surface area contributed by atoms with Gasteiger partial charge in [-0.3, -0.25) is 4.79 Å². The molecule has 100 valence electrons. The van der Waals surface area contributed by atoms with Gasteiger partial charge >= 0.3 is 5.97 Å². The van der Waals surface area contributed by atoms with E-state index in [1.807, 2.05) is 13.1 Å². The van der Waals surface area contributed by atoms with Gasteiger partial charge in [-0.15, -0.1) is 0 Å². The Hall–Kier alpha value is -0.770. The van der Waals surface area contributed by atoms with Crippen molar-refractivity contribution in [1.29, 1.82) is 0 Å². The van der Waals surface area contributed by atoms with Gasteiger partial charge in [0.1, 0.15) is 0 Å². The largest absolute Gasteiger partial charge is 0.469 e. The number of benzene rings is 1. The van der Waals surface area contributed by atoms with Gasteiger partial charge < -0.3 is 9.64 Å². The zero-order chi connectivity index (χ0) is 13.5. The summed E-state index contributed by atoms with van der Waals surface area (Å²) in [5, 5.41) is 1.39. The van der Waals surface area contributed by atoms with Gasteiger partial charge in [0.2, 0.25) is 0 Å². The molecule has 0 atom stereocenters. The Kier molecular flexibility index (Phi) is 6.47. The fourth-order valence-corrected chi connectivity index (χ4v) is 2.00. The topological polar surface area (TPSA) is 29.5 Å². The number of methoxy groups -OCH3 is 1. The van der Waals surface area contributed by atoms with Gasteiger partial charge in [-0.05, 0) is 43.8 Å². The molecule has 0 saturated carbocycles. The lowest BCUT2D eigenvalue weighted by atomic mass is 10.2. The van der Waals surface area contributed by atoms with Crippen molar-refractivity contribution in [2.75, 3.05) is 20.7 Å². The first-order chi connectivity index (χ1) is 8.52. The number of halogens is 2. The molecule has 0 aromatic heterocycles. The van der Waals surface area contributed by atoms with Gasteiger partial charge in [-0.2, -0.15) is 0 Å². The first kappa shape index (κ1) is 15.3. The summed E-state index contributed by atoms with van der Waals surface area (Å²) in [5.74, 6) is -0.177. The predicted molar refractivity (Wildman–Crippen MR) is 74.0 cm³/mol. The second-order valence-electron chi connectivity index (χ2n) is 4.15. The zero-order valence-corrected chi connectivity index (χ0v) is 12.1. The fraction of sp³-hybridized carbons (Fsp3) is 0.462. The molecule has 0 N–H and O–H groups in total. The van der Waals surface area contributed by atoms with Crippen LogP contribution in [0.2, 0.25) is 10.0 Å². The number of nitrogens with zero attached hydrogens (tertiary/aromatic N) is 1. The van der Waals surface area contributed by atoms with Crippen LogP contribution in [0.5, 0.6) is 0 Å². The molecule has 0 saturated heterocycles. The van der Waals surface area contributed by atoms with Crippen molar-refractivity contribution in [3.63, 3.8) is 0 Å². The van der Waals surface area contributed by atoms with Crippen LogP contribution in [0.25, 0.3) is 0 Å². The molecule has 3 nitrogen and oxygen atoms in total. The summed E-state index contributed by atoms with van der Waals surface area (Å²) in [6.45, 7) is 1.51. The SMILES string of the molecule is COC(=O)CCCN(C)Cc1cc(Cl)ccc1Cl. The third-order valence-electron chi connectivity index (χ3n) is 2.60. The van der Waals surface area contributed by atoms with E-state index in [0.717, 1.165) is 18.5 Å². The minimum atomic E-state index is -0.177. The fourth-order valence-electron chi connectivity index (χ4n) is 1.63. The number of ether oxygens (including phenoxy) is 1.